The molecule has 2 aromatic rings. The molecule has 0 heterocycles. The van der Waals surface area contributed by atoms with Crippen molar-refractivity contribution in [3.05, 3.63) is 71.3 Å². The fraction of sp³-hybridized carbons (Fsp3) is 0.200. The van der Waals surface area contributed by atoms with E-state index in [0.717, 1.165) is 18.4 Å². The number of carbonyl (C=O) groups excluding carboxylic acids is 1. The van der Waals surface area contributed by atoms with E-state index in [4.69, 9.17) is 4.74 Å². The molecule has 3 heteroatoms. The summed E-state index contributed by atoms with van der Waals surface area (Å²) in [5, 5.41) is 9.34. The second kappa shape index (κ2) is 8.55. The monoisotopic (exact) mass is 305 g/mol. The van der Waals surface area contributed by atoms with Gasteiger partial charge in [0.05, 0.1) is 6.61 Å². The molecule has 3 nitrogen and oxygen atoms in total. The van der Waals surface area contributed by atoms with Crippen molar-refractivity contribution in [3.63, 3.8) is 0 Å². The molecule has 0 aliphatic heterocycles. The topological polar surface area (TPSA) is 50.1 Å². The summed E-state index contributed by atoms with van der Waals surface area (Å²) in [7, 11) is 0. The number of carbonyl (C=O) groups is 1. The molecule has 0 saturated carbocycles. The lowest BCUT2D eigenvalue weighted by Gasteiger charge is -2.09. The zero-order valence-electron chi connectivity index (χ0n) is 13.2. The number of nitriles is 1. The number of nitrogens with zero attached hydrogens (tertiary/aromatic N) is 1. The molecule has 0 N–H and O–H groups in total. The summed E-state index contributed by atoms with van der Waals surface area (Å²) in [5.41, 5.74) is 1.34. The molecule has 23 heavy (non-hydrogen) atoms. The second-order valence-corrected chi connectivity index (χ2v) is 5.10. The third kappa shape index (κ3) is 4.55. The minimum Gasteiger partial charge on any atom is -0.493 e. The highest BCUT2D eigenvalue weighted by Gasteiger charge is 2.12. The Morgan fingerprint density at radius 2 is 1.83 bits per heavy atom. The van der Waals surface area contributed by atoms with Crippen LogP contribution in [0.5, 0.6) is 5.75 Å². The lowest BCUT2D eigenvalue weighted by atomic mass is 10.0. The molecule has 0 saturated heterocycles. The van der Waals surface area contributed by atoms with Gasteiger partial charge >= 0.3 is 0 Å². The normalized spacial score (nSPS) is 10.9. The maximum atomic E-state index is 12.4. The molecule has 2 aromatic carbocycles. The number of hydrogen-bond donors (Lipinski definition) is 0. The highest BCUT2D eigenvalue weighted by Crippen LogP contribution is 2.22. The molecule has 2 rings (SSSR count). The fourth-order valence-electron chi connectivity index (χ4n) is 2.11. The number of unbranched alkanes of at least 4 members (excludes halogenated alkanes) is 1. The Kier molecular flexibility index (Phi) is 6.14. The van der Waals surface area contributed by atoms with Gasteiger partial charge in [-0.2, -0.15) is 5.26 Å². The molecule has 0 fully saturated rings. The van der Waals surface area contributed by atoms with Gasteiger partial charge in [0.15, 0.2) is 0 Å². The average Bonchev–Trinajstić information content (AvgIpc) is 2.61. The quantitative estimate of drug-likeness (QED) is 0.324. The van der Waals surface area contributed by atoms with Crippen LogP contribution in [0.1, 0.15) is 35.7 Å². The predicted octanol–water partition coefficient (Wildman–Crippen LogP) is 4.66. The summed E-state index contributed by atoms with van der Waals surface area (Å²) >= 11 is 0. The van der Waals surface area contributed by atoms with Gasteiger partial charge in [0.1, 0.15) is 17.4 Å². The third-order valence-corrected chi connectivity index (χ3v) is 3.38. The molecular formula is C20H19NO2. The maximum absolute atomic E-state index is 12.4. The predicted molar refractivity (Wildman–Crippen MR) is 91.2 cm³/mol. The number of Topliss-reactive ketones (excluding diaryl/α,β-unsaturated/α-hetero) is 1. The van der Waals surface area contributed by atoms with E-state index in [9.17, 15) is 10.1 Å². The van der Waals surface area contributed by atoms with Gasteiger partial charge in [0, 0.05) is 11.1 Å². The number of rotatable bonds is 7. The van der Waals surface area contributed by atoms with E-state index in [2.05, 4.69) is 6.92 Å². The van der Waals surface area contributed by atoms with Gasteiger partial charge in [-0.05, 0) is 18.6 Å². The summed E-state index contributed by atoms with van der Waals surface area (Å²) in [4.78, 5) is 12.4. The number of ketones is 1. The standard InChI is InChI=1S/C20H19NO2/c1-2-3-13-23-19-12-8-7-11-17(19)14-18(15-21)20(22)16-9-5-4-6-10-16/h4-12,14H,2-3,13H2,1H3/b18-14+. The SMILES string of the molecule is CCCCOc1ccccc1/C=C(\C#N)C(=O)c1ccccc1. The van der Waals surface area contributed by atoms with Crippen LogP contribution >= 0.6 is 0 Å². The van der Waals surface area contributed by atoms with Crippen LogP contribution in [0.4, 0.5) is 0 Å². The first-order valence-electron chi connectivity index (χ1n) is 7.69. The van der Waals surface area contributed by atoms with E-state index in [0.29, 0.717) is 17.9 Å². The largest absolute Gasteiger partial charge is 0.493 e. The van der Waals surface area contributed by atoms with Gasteiger partial charge in [-0.3, -0.25) is 4.79 Å². The van der Waals surface area contributed by atoms with Crippen molar-refractivity contribution in [3.8, 4) is 11.8 Å². The molecule has 0 bridgehead atoms. The molecule has 0 aliphatic rings. The van der Waals surface area contributed by atoms with E-state index in [1.54, 1.807) is 30.3 Å². The number of hydrogen-bond acceptors (Lipinski definition) is 3. The van der Waals surface area contributed by atoms with Crippen molar-refractivity contribution in [1.29, 1.82) is 5.26 Å². The molecule has 0 atom stereocenters. The zero-order valence-corrected chi connectivity index (χ0v) is 13.2. The Labute approximate surface area is 136 Å². The number of ether oxygens (including phenoxy) is 1. The Balaban J connectivity index is 2.28. The lowest BCUT2D eigenvalue weighted by molar-refractivity contribution is 0.104. The van der Waals surface area contributed by atoms with Crippen LogP contribution in [0.15, 0.2) is 60.2 Å². The number of allylic oxidation sites excluding steroid dienone is 1. The summed E-state index contributed by atoms with van der Waals surface area (Å²) in [6.45, 7) is 2.72. The van der Waals surface area contributed by atoms with Gasteiger partial charge in [0.25, 0.3) is 0 Å². The van der Waals surface area contributed by atoms with Crippen molar-refractivity contribution < 1.29 is 9.53 Å². The van der Waals surface area contributed by atoms with Crippen molar-refractivity contribution in [2.24, 2.45) is 0 Å². The smallest absolute Gasteiger partial charge is 0.203 e. The first-order valence-corrected chi connectivity index (χ1v) is 7.69. The molecule has 0 spiro atoms. The van der Waals surface area contributed by atoms with Gasteiger partial charge in [0.2, 0.25) is 5.78 Å². The molecule has 116 valence electrons. The van der Waals surface area contributed by atoms with Crippen molar-refractivity contribution in [2.45, 2.75) is 19.8 Å². The van der Waals surface area contributed by atoms with E-state index in [1.165, 1.54) is 0 Å². The second-order valence-electron chi connectivity index (χ2n) is 5.10. The first-order chi connectivity index (χ1) is 11.3. The van der Waals surface area contributed by atoms with E-state index in [1.807, 2.05) is 36.4 Å². The van der Waals surface area contributed by atoms with Crippen LogP contribution in [0.25, 0.3) is 6.08 Å². The Hall–Kier alpha value is -2.86. The van der Waals surface area contributed by atoms with Crippen LogP contribution in [-0.2, 0) is 0 Å². The van der Waals surface area contributed by atoms with Crippen molar-refractivity contribution >= 4 is 11.9 Å². The Morgan fingerprint density at radius 3 is 2.52 bits per heavy atom. The van der Waals surface area contributed by atoms with E-state index >= 15 is 0 Å². The average molecular weight is 305 g/mol. The first kappa shape index (κ1) is 16.5. The molecule has 0 aliphatic carbocycles. The zero-order chi connectivity index (χ0) is 16.5. The van der Waals surface area contributed by atoms with Crippen LogP contribution in [-0.4, -0.2) is 12.4 Å². The highest BCUT2D eigenvalue weighted by atomic mass is 16.5. The van der Waals surface area contributed by atoms with Gasteiger partial charge in [-0.1, -0.05) is 61.9 Å². The third-order valence-electron chi connectivity index (χ3n) is 3.38. The van der Waals surface area contributed by atoms with E-state index < -0.39 is 0 Å². The minimum atomic E-state index is -0.281. The van der Waals surface area contributed by atoms with Crippen LogP contribution in [0.2, 0.25) is 0 Å². The lowest BCUT2D eigenvalue weighted by Crippen LogP contribution is -2.02. The highest BCUT2D eigenvalue weighted by molar-refractivity contribution is 6.14. The van der Waals surface area contributed by atoms with Gasteiger partial charge in [-0.15, -0.1) is 0 Å². The van der Waals surface area contributed by atoms with Crippen molar-refractivity contribution in [2.75, 3.05) is 6.61 Å². The fourth-order valence-corrected chi connectivity index (χ4v) is 2.11. The van der Waals surface area contributed by atoms with Gasteiger partial charge < -0.3 is 4.74 Å². The van der Waals surface area contributed by atoms with Crippen LogP contribution in [0.3, 0.4) is 0 Å². The van der Waals surface area contributed by atoms with Crippen LogP contribution < -0.4 is 4.74 Å². The molecule has 0 unspecified atom stereocenters. The number of para-hydroxylation sites is 1. The summed E-state index contributed by atoms with van der Waals surface area (Å²) in [6, 6.07) is 18.2. The number of benzene rings is 2. The Morgan fingerprint density at radius 1 is 1.13 bits per heavy atom. The van der Waals surface area contributed by atoms with Gasteiger partial charge in [-0.25, -0.2) is 0 Å². The molecule has 0 aromatic heterocycles. The van der Waals surface area contributed by atoms with E-state index in [-0.39, 0.29) is 11.4 Å². The summed E-state index contributed by atoms with van der Waals surface area (Å²) < 4.78 is 5.74. The van der Waals surface area contributed by atoms with Crippen LogP contribution in [0, 0.1) is 11.3 Å². The maximum Gasteiger partial charge on any atom is 0.203 e. The minimum absolute atomic E-state index is 0.0998. The summed E-state index contributed by atoms with van der Waals surface area (Å²) in [6.07, 6.45) is 3.61. The summed E-state index contributed by atoms with van der Waals surface area (Å²) in [5.74, 6) is 0.408. The molecule has 0 amide bonds. The molecular weight excluding hydrogens is 286 g/mol. The Bertz CT molecular complexity index is 727. The molecule has 0 radical (unpaired) electrons. The van der Waals surface area contributed by atoms with Crippen molar-refractivity contribution in [1.82, 2.24) is 0 Å².